The van der Waals surface area contributed by atoms with Crippen LogP contribution in [-0.4, -0.2) is 36.2 Å². The minimum Gasteiger partial charge on any atom is -0.384 e. The van der Waals surface area contributed by atoms with Crippen molar-refractivity contribution >= 4 is 0 Å². The third-order valence-corrected chi connectivity index (χ3v) is 4.44. The van der Waals surface area contributed by atoms with E-state index in [2.05, 4.69) is 11.9 Å². The highest BCUT2D eigenvalue weighted by molar-refractivity contribution is 5.21. The summed E-state index contributed by atoms with van der Waals surface area (Å²) in [7, 11) is 2.11. The van der Waals surface area contributed by atoms with Crippen molar-refractivity contribution in [2.45, 2.75) is 37.8 Å². The molecule has 106 valence electrons. The molecule has 0 spiro atoms. The van der Waals surface area contributed by atoms with Crippen LogP contribution in [0.1, 0.15) is 31.7 Å². The first kappa shape index (κ1) is 14.5. The van der Waals surface area contributed by atoms with Crippen LogP contribution < -0.4 is 5.73 Å². The van der Waals surface area contributed by atoms with Crippen molar-refractivity contribution in [3.05, 3.63) is 35.9 Å². The highest BCUT2D eigenvalue weighted by Crippen LogP contribution is 2.31. The molecule has 0 radical (unpaired) electrons. The smallest absolute Gasteiger partial charge is 0.0994 e. The Morgan fingerprint density at radius 1 is 1.32 bits per heavy atom. The topological polar surface area (TPSA) is 49.5 Å². The Labute approximate surface area is 116 Å². The monoisotopic (exact) mass is 262 g/mol. The van der Waals surface area contributed by atoms with Crippen molar-refractivity contribution in [1.82, 2.24) is 4.90 Å². The second kappa shape index (κ2) is 6.04. The zero-order valence-corrected chi connectivity index (χ0v) is 12.0. The fraction of sp³-hybridized carbons (Fsp3) is 0.625. The molecule has 3 nitrogen and oxygen atoms in total. The molecule has 0 aliphatic heterocycles. The van der Waals surface area contributed by atoms with Crippen LogP contribution in [0.2, 0.25) is 0 Å². The Hall–Kier alpha value is -0.900. The molecule has 1 saturated carbocycles. The van der Waals surface area contributed by atoms with Gasteiger partial charge in [-0.2, -0.15) is 0 Å². The lowest BCUT2D eigenvalue weighted by Gasteiger charge is -2.35. The number of rotatable bonds is 5. The third-order valence-electron chi connectivity index (χ3n) is 4.44. The summed E-state index contributed by atoms with van der Waals surface area (Å²) in [5.41, 5.74) is 6.02. The van der Waals surface area contributed by atoms with Gasteiger partial charge in [-0.15, -0.1) is 0 Å². The van der Waals surface area contributed by atoms with E-state index in [9.17, 15) is 5.11 Å². The van der Waals surface area contributed by atoms with E-state index < -0.39 is 5.60 Å². The standard InChI is InChI=1S/C16H26N2O/c1-16(19,14-8-4-3-5-9-14)12-18(2)15-10-6-7-13(15)11-17/h3-5,8-9,13,15,19H,6-7,10-12,17H2,1-2H3. The van der Waals surface area contributed by atoms with Crippen LogP contribution in [-0.2, 0) is 5.60 Å². The maximum absolute atomic E-state index is 10.7. The van der Waals surface area contributed by atoms with E-state index in [1.807, 2.05) is 37.3 Å². The number of hydrogen-bond acceptors (Lipinski definition) is 3. The first-order valence-corrected chi connectivity index (χ1v) is 7.23. The molecule has 1 aromatic carbocycles. The predicted molar refractivity (Wildman–Crippen MR) is 78.8 cm³/mol. The Morgan fingerprint density at radius 3 is 2.63 bits per heavy atom. The molecule has 0 heterocycles. The van der Waals surface area contributed by atoms with Crippen molar-refractivity contribution in [3.8, 4) is 0 Å². The fourth-order valence-corrected chi connectivity index (χ4v) is 3.36. The van der Waals surface area contributed by atoms with Crippen molar-refractivity contribution in [1.29, 1.82) is 0 Å². The number of nitrogens with zero attached hydrogens (tertiary/aromatic N) is 1. The maximum atomic E-state index is 10.7. The first-order chi connectivity index (χ1) is 9.04. The van der Waals surface area contributed by atoms with E-state index in [1.165, 1.54) is 19.3 Å². The largest absolute Gasteiger partial charge is 0.384 e. The summed E-state index contributed by atoms with van der Waals surface area (Å²) in [6.07, 6.45) is 3.67. The van der Waals surface area contributed by atoms with E-state index in [1.54, 1.807) is 0 Å². The molecule has 0 aromatic heterocycles. The lowest BCUT2D eigenvalue weighted by Crippen LogP contribution is -2.45. The van der Waals surface area contributed by atoms with Crippen molar-refractivity contribution in [2.24, 2.45) is 11.7 Å². The molecule has 1 aliphatic rings. The SMILES string of the molecule is CN(CC(C)(O)c1ccccc1)C1CCCC1CN. The second-order valence-electron chi connectivity index (χ2n) is 6.05. The number of aliphatic hydroxyl groups is 1. The molecular formula is C16H26N2O. The van der Waals surface area contributed by atoms with Gasteiger partial charge in [-0.3, -0.25) is 4.90 Å². The second-order valence-corrected chi connectivity index (χ2v) is 6.05. The van der Waals surface area contributed by atoms with Gasteiger partial charge in [0, 0.05) is 12.6 Å². The van der Waals surface area contributed by atoms with Crippen LogP contribution in [0.25, 0.3) is 0 Å². The summed E-state index contributed by atoms with van der Waals surface area (Å²) in [5.74, 6) is 0.580. The summed E-state index contributed by atoms with van der Waals surface area (Å²) >= 11 is 0. The molecule has 3 unspecified atom stereocenters. The summed E-state index contributed by atoms with van der Waals surface area (Å²) in [5, 5.41) is 10.7. The summed E-state index contributed by atoms with van der Waals surface area (Å²) < 4.78 is 0. The van der Waals surface area contributed by atoms with Crippen molar-refractivity contribution in [2.75, 3.05) is 20.1 Å². The van der Waals surface area contributed by atoms with E-state index in [-0.39, 0.29) is 0 Å². The average Bonchev–Trinajstić information content (AvgIpc) is 2.87. The van der Waals surface area contributed by atoms with Gasteiger partial charge in [0.05, 0.1) is 5.60 Å². The zero-order chi connectivity index (χ0) is 13.9. The molecule has 3 atom stereocenters. The van der Waals surface area contributed by atoms with Gasteiger partial charge < -0.3 is 10.8 Å². The Bertz CT molecular complexity index is 391. The molecule has 1 aliphatic carbocycles. The lowest BCUT2D eigenvalue weighted by molar-refractivity contribution is 0.00672. The van der Waals surface area contributed by atoms with Crippen LogP contribution in [0.15, 0.2) is 30.3 Å². The minimum atomic E-state index is -0.808. The van der Waals surface area contributed by atoms with Gasteiger partial charge in [0.25, 0.3) is 0 Å². The Kier molecular flexibility index (Phi) is 4.61. The molecule has 1 fully saturated rings. The molecule has 2 rings (SSSR count). The van der Waals surface area contributed by atoms with Crippen LogP contribution >= 0.6 is 0 Å². The summed E-state index contributed by atoms with van der Waals surface area (Å²) in [6.45, 7) is 3.30. The molecular weight excluding hydrogens is 236 g/mol. The quantitative estimate of drug-likeness (QED) is 0.853. The molecule has 0 bridgehead atoms. The number of likely N-dealkylation sites (N-methyl/N-ethyl adjacent to an activating group) is 1. The van der Waals surface area contributed by atoms with Gasteiger partial charge >= 0.3 is 0 Å². The van der Waals surface area contributed by atoms with E-state index in [4.69, 9.17) is 5.73 Å². The van der Waals surface area contributed by atoms with Gasteiger partial charge in [0.1, 0.15) is 0 Å². The highest BCUT2D eigenvalue weighted by Gasteiger charge is 2.33. The van der Waals surface area contributed by atoms with Gasteiger partial charge in [0.15, 0.2) is 0 Å². The molecule has 3 N–H and O–H groups in total. The van der Waals surface area contributed by atoms with Gasteiger partial charge in [-0.25, -0.2) is 0 Å². The minimum absolute atomic E-state index is 0.514. The molecule has 3 heteroatoms. The molecule has 0 saturated heterocycles. The molecule has 1 aromatic rings. The van der Waals surface area contributed by atoms with Crippen LogP contribution in [0.4, 0.5) is 0 Å². The highest BCUT2D eigenvalue weighted by atomic mass is 16.3. The summed E-state index contributed by atoms with van der Waals surface area (Å²) in [4.78, 5) is 2.29. The van der Waals surface area contributed by atoms with Crippen molar-refractivity contribution < 1.29 is 5.11 Å². The van der Waals surface area contributed by atoms with E-state index >= 15 is 0 Å². The lowest BCUT2D eigenvalue weighted by atomic mass is 9.94. The average molecular weight is 262 g/mol. The van der Waals surface area contributed by atoms with Gasteiger partial charge in [-0.05, 0) is 44.8 Å². The van der Waals surface area contributed by atoms with Gasteiger partial charge in [-0.1, -0.05) is 36.8 Å². The maximum Gasteiger partial charge on any atom is 0.0994 e. The van der Waals surface area contributed by atoms with Crippen molar-refractivity contribution in [3.63, 3.8) is 0 Å². The van der Waals surface area contributed by atoms with Crippen LogP contribution in [0.5, 0.6) is 0 Å². The fourth-order valence-electron chi connectivity index (χ4n) is 3.36. The number of hydrogen-bond donors (Lipinski definition) is 2. The van der Waals surface area contributed by atoms with E-state index in [0.29, 0.717) is 18.5 Å². The third kappa shape index (κ3) is 3.35. The summed E-state index contributed by atoms with van der Waals surface area (Å²) in [6, 6.07) is 10.4. The molecule has 19 heavy (non-hydrogen) atoms. The van der Waals surface area contributed by atoms with E-state index in [0.717, 1.165) is 12.1 Å². The van der Waals surface area contributed by atoms with Crippen LogP contribution in [0, 0.1) is 5.92 Å². The zero-order valence-electron chi connectivity index (χ0n) is 12.0. The van der Waals surface area contributed by atoms with Crippen LogP contribution in [0.3, 0.4) is 0 Å². The number of benzene rings is 1. The molecule has 0 amide bonds. The Balaban J connectivity index is 2.03. The first-order valence-electron chi connectivity index (χ1n) is 7.23. The number of nitrogens with two attached hydrogens (primary N) is 1. The van der Waals surface area contributed by atoms with Gasteiger partial charge in [0.2, 0.25) is 0 Å². The normalized spacial score (nSPS) is 26.6. The Morgan fingerprint density at radius 2 is 2.00 bits per heavy atom. The predicted octanol–water partition coefficient (Wildman–Crippen LogP) is 1.95.